The Morgan fingerprint density at radius 2 is 2.06 bits per heavy atom. The van der Waals surface area contributed by atoms with Crippen LogP contribution in [0.15, 0.2) is 18.2 Å². The number of ether oxygens (including phenoxy) is 3. The summed E-state index contributed by atoms with van der Waals surface area (Å²) in [6, 6.07) is 6.00. The van der Waals surface area contributed by atoms with Gasteiger partial charge in [-0.2, -0.15) is 0 Å². The van der Waals surface area contributed by atoms with E-state index in [1.165, 1.54) is 0 Å². The van der Waals surface area contributed by atoms with Crippen molar-refractivity contribution >= 4 is 0 Å². The number of rotatable bonds is 1. The quantitative estimate of drug-likeness (QED) is 0.806. The van der Waals surface area contributed by atoms with Gasteiger partial charge in [0.25, 0.3) is 0 Å². The van der Waals surface area contributed by atoms with Crippen LogP contribution < -0.4 is 14.8 Å². The highest BCUT2D eigenvalue weighted by Gasteiger charge is 2.30. The van der Waals surface area contributed by atoms with Crippen LogP contribution in [0.2, 0.25) is 0 Å². The normalized spacial score (nSPS) is 25.9. The lowest BCUT2D eigenvalue weighted by Gasteiger charge is -2.36. The zero-order valence-corrected chi connectivity index (χ0v) is 10.2. The molecule has 92 valence electrons. The number of morpholine rings is 1. The van der Waals surface area contributed by atoms with Gasteiger partial charge >= 0.3 is 0 Å². The van der Waals surface area contributed by atoms with Crippen LogP contribution in [0.1, 0.15) is 25.5 Å². The highest BCUT2D eigenvalue weighted by Crippen LogP contribution is 2.36. The Kier molecular flexibility index (Phi) is 2.49. The van der Waals surface area contributed by atoms with Crippen molar-refractivity contribution in [1.29, 1.82) is 0 Å². The molecule has 0 radical (unpaired) electrons. The summed E-state index contributed by atoms with van der Waals surface area (Å²) >= 11 is 0. The Morgan fingerprint density at radius 1 is 1.24 bits per heavy atom. The first kappa shape index (κ1) is 10.9. The van der Waals surface area contributed by atoms with Crippen LogP contribution in [0.3, 0.4) is 0 Å². The Labute approximate surface area is 101 Å². The predicted octanol–water partition coefficient (Wildman–Crippen LogP) is 1.85. The summed E-state index contributed by atoms with van der Waals surface area (Å²) in [6.07, 6.45) is 0.0771. The summed E-state index contributed by atoms with van der Waals surface area (Å²) in [5.41, 5.74) is 1.01. The van der Waals surface area contributed by atoms with Crippen molar-refractivity contribution in [3.05, 3.63) is 23.8 Å². The second-order valence-electron chi connectivity index (χ2n) is 5.11. The van der Waals surface area contributed by atoms with Crippen LogP contribution in [-0.2, 0) is 4.74 Å². The number of benzene rings is 1. The van der Waals surface area contributed by atoms with E-state index in [2.05, 4.69) is 19.2 Å². The fraction of sp³-hybridized carbons (Fsp3) is 0.538. The zero-order chi connectivity index (χ0) is 11.9. The van der Waals surface area contributed by atoms with E-state index in [9.17, 15) is 0 Å². The van der Waals surface area contributed by atoms with Crippen molar-refractivity contribution in [3.63, 3.8) is 0 Å². The highest BCUT2D eigenvalue weighted by atomic mass is 16.7. The van der Waals surface area contributed by atoms with E-state index in [1.54, 1.807) is 0 Å². The van der Waals surface area contributed by atoms with Crippen LogP contribution in [0.4, 0.5) is 0 Å². The maximum atomic E-state index is 6.06. The minimum absolute atomic E-state index is 0.0771. The summed E-state index contributed by atoms with van der Waals surface area (Å²) in [5.74, 6) is 1.63. The van der Waals surface area contributed by atoms with Crippen LogP contribution in [-0.4, -0.2) is 25.5 Å². The molecule has 1 aromatic rings. The third kappa shape index (κ3) is 2.10. The molecule has 0 spiro atoms. The monoisotopic (exact) mass is 235 g/mol. The summed E-state index contributed by atoms with van der Waals surface area (Å²) < 4.78 is 16.7. The SMILES string of the molecule is CC1(C)CNCC(c2ccc3c(c2)OCO3)O1. The zero-order valence-electron chi connectivity index (χ0n) is 10.2. The molecule has 0 bridgehead atoms. The van der Waals surface area contributed by atoms with Gasteiger partial charge in [-0.05, 0) is 31.5 Å². The van der Waals surface area contributed by atoms with E-state index in [-0.39, 0.29) is 11.7 Å². The van der Waals surface area contributed by atoms with Gasteiger partial charge in [0.05, 0.1) is 11.7 Å². The Bertz CT molecular complexity index is 431. The second-order valence-corrected chi connectivity index (χ2v) is 5.11. The third-order valence-corrected chi connectivity index (χ3v) is 3.11. The summed E-state index contributed by atoms with van der Waals surface area (Å²) in [7, 11) is 0. The molecule has 4 nitrogen and oxygen atoms in total. The van der Waals surface area contributed by atoms with Gasteiger partial charge in [-0.3, -0.25) is 0 Å². The van der Waals surface area contributed by atoms with Crippen LogP contribution in [0.5, 0.6) is 11.5 Å². The minimum atomic E-state index is -0.126. The molecule has 1 aromatic carbocycles. The molecule has 0 amide bonds. The van der Waals surface area contributed by atoms with Crippen molar-refractivity contribution in [2.24, 2.45) is 0 Å². The second kappa shape index (κ2) is 3.89. The van der Waals surface area contributed by atoms with Crippen molar-refractivity contribution < 1.29 is 14.2 Å². The molecule has 17 heavy (non-hydrogen) atoms. The summed E-state index contributed by atoms with van der Waals surface area (Å²) in [5, 5.41) is 3.39. The van der Waals surface area contributed by atoms with Gasteiger partial charge in [0.15, 0.2) is 11.5 Å². The molecule has 1 atom stereocenters. The van der Waals surface area contributed by atoms with Crippen LogP contribution in [0, 0.1) is 0 Å². The van der Waals surface area contributed by atoms with Crippen LogP contribution >= 0.6 is 0 Å². The largest absolute Gasteiger partial charge is 0.454 e. The Morgan fingerprint density at radius 3 is 2.88 bits per heavy atom. The molecule has 0 aliphatic carbocycles. The molecule has 1 fully saturated rings. The van der Waals surface area contributed by atoms with E-state index in [0.29, 0.717) is 6.79 Å². The third-order valence-electron chi connectivity index (χ3n) is 3.11. The molecule has 0 aromatic heterocycles. The van der Waals surface area contributed by atoms with E-state index < -0.39 is 0 Å². The van der Waals surface area contributed by atoms with E-state index in [1.807, 2.05) is 18.2 Å². The molecule has 0 saturated carbocycles. The van der Waals surface area contributed by atoms with Gasteiger partial charge in [-0.25, -0.2) is 0 Å². The topological polar surface area (TPSA) is 39.7 Å². The molecule has 1 N–H and O–H groups in total. The van der Waals surface area contributed by atoms with Crippen LogP contribution in [0.25, 0.3) is 0 Å². The number of hydrogen-bond donors (Lipinski definition) is 1. The smallest absolute Gasteiger partial charge is 0.231 e. The summed E-state index contributed by atoms with van der Waals surface area (Å²) in [4.78, 5) is 0. The molecule has 1 unspecified atom stereocenters. The van der Waals surface area contributed by atoms with Crippen molar-refractivity contribution in [1.82, 2.24) is 5.32 Å². The first-order chi connectivity index (χ1) is 8.14. The average Bonchev–Trinajstić information content (AvgIpc) is 2.74. The van der Waals surface area contributed by atoms with E-state index in [0.717, 1.165) is 30.2 Å². The predicted molar refractivity (Wildman–Crippen MR) is 63.3 cm³/mol. The summed E-state index contributed by atoms with van der Waals surface area (Å²) in [6.45, 7) is 6.23. The maximum absolute atomic E-state index is 6.06. The fourth-order valence-electron chi connectivity index (χ4n) is 2.27. The lowest BCUT2D eigenvalue weighted by atomic mass is 10.0. The van der Waals surface area contributed by atoms with Gasteiger partial charge in [-0.15, -0.1) is 0 Å². The van der Waals surface area contributed by atoms with Crippen molar-refractivity contribution in [3.8, 4) is 11.5 Å². The lowest BCUT2D eigenvalue weighted by molar-refractivity contribution is -0.0959. The molecule has 1 saturated heterocycles. The first-order valence-corrected chi connectivity index (χ1v) is 5.92. The number of nitrogens with one attached hydrogen (secondary N) is 1. The number of hydrogen-bond acceptors (Lipinski definition) is 4. The fourth-order valence-corrected chi connectivity index (χ4v) is 2.27. The molecule has 2 heterocycles. The van der Waals surface area contributed by atoms with Gasteiger partial charge in [-0.1, -0.05) is 6.07 Å². The highest BCUT2D eigenvalue weighted by molar-refractivity contribution is 5.45. The molecule has 4 heteroatoms. The average molecular weight is 235 g/mol. The van der Waals surface area contributed by atoms with Gasteiger partial charge in [0, 0.05) is 13.1 Å². The molecule has 2 aliphatic rings. The molecular weight excluding hydrogens is 218 g/mol. The standard InChI is InChI=1S/C13H17NO3/c1-13(2)7-14-6-12(17-13)9-3-4-10-11(5-9)16-8-15-10/h3-5,12,14H,6-8H2,1-2H3. The Hall–Kier alpha value is -1.26. The maximum Gasteiger partial charge on any atom is 0.231 e. The minimum Gasteiger partial charge on any atom is -0.454 e. The van der Waals surface area contributed by atoms with E-state index >= 15 is 0 Å². The lowest BCUT2D eigenvalue weighted by Crippen LogP contribution is -2.46. The molecule has 3 rings (SSSR count). The Balaban J connectivity index is 1.84. The first-order valence-electron chi connectivity index (χ1n) is 5.92. The molecular formula is C13H17NO3. The number of fused-ring (bicyclic) bond motifs is 1. The van der Waals surface area contributed by atoms with E-state index in [4.69, 9.17) is 14.2 Å². The van der Waals surface area contributed by atoms with Gasteiger partial charge < -0.3 is 19.5 Å². The van der Waals surface area contributed by atoms with Gasteiger partial charge in [0.1, 0.15) is 0 Å². The molecule has 2 aliphatic heterocycles. The van der Waals surface area contributed by atoms with Gasteiger partial charge in [0.2, 0.25) is 6.79 Å². The van der Waals surface area contributed by atoms with Crippen molar-refractivity contribution in [2.45, 2.75) is 25.6 Å². The van der Waals surface area contributed by atoms with Crippen molar-refractivity contribution in [2.75, 3.05) is 19.9 Å².